The lowest BCUT2D eigenvalue weighted by Crippen LogP contribution is -2.48. The number of amides is 2. The fraction of sp³-hybridized carbons (Fsp3) is 0.500. The van der Waals surface area contributed by atoms with E-state index in [1.165, 1.54) is 4.90 Å². The highest BCUT2D eigenvalue weighted by Crippen LogP contribution is 2.33. The van der Waals surface area contributed by atoms with Gasteiger partial charge < -0.3 is 10.1 Å². The molecule has 2 amide bonds. The standard InChI is InChI=1S/C16H22N2O3/c1-3-4-7-10-17-15(19)11-18-13-8-5-6-9-14(13)21-12(2)16(18)20/h5-6,8-9,12H,3-4,7,10-11H2,1-2H3,(H,17,19)/t12-/m1/s1. The Kier molecular flexibility index (Phi) is 5.20. The van der Waals surface area contributed by atoms with Crippen LogP contribution in [0.5, 0.6) is 5.75 Å². The third kappa shape index (κ3) is 3.74. The maximum absolute atomic E-state index is 12.2. The molecule has 21 heavy (non-hydrogen) atoms. The summed E-state index contributed by atoms with van der Waals surface area (Å²) in [6, 6.07) is 7.29. The highest BCUT2D eigenvalue weighted by Gasteiger charge is 2.32. The SMILES string of the molecule is CCCCCNC(=O)CN1C(=O)[C@@H](C)Oc2ccccc21. The third-order valence-electron chi connectivity index (χ3n) is 3.48. The summed E-state index contributed by atoms with van der Waals surface area (Å²) in [7, 11) is 0. The maximum Gasteiger partial charge on any atom is 0.268 e. The lowest BCUT2D eigenvalue weighted by molar-refractivity contribution is -0.128. The Balaban J connectivity index is 2.01. The summed E-state index contributed by atoms with van der Waals surface area (Å²) >= 11 is 0. The molecule has 0 aliphatic carbocycles. The number of anilines is 1. The molecule has 0 aromatic heterocycles. The topological polar surface area (TPSA) is 58.6 Å². The summed E-state index contributed by atoms with van der Waals surface area (Å²) in [6.45, 7) is 4.51. The van der Waals surface area contributed by atoms with Crippen molar-refractivity contribution in [3.8, 4) is 5.75 Å². The molecule has 1 heterocycles. The minimum absolute atomic E-state index is 0.0374. The van der Waals surface area contributed by atoms with Crippen LogP contribution in [0.25, 0.3) is 0 Å². The Bertz CT molecular complexity index is 516. The molecule has 0 bridgehead atoms. The first-order valence-electron chi connectivity index (χ1n) is 7.47. The van der Waals surface area contributed by atoms with Gasteiger partial charge in [-0.2, -0.15) is 0 Å². The lowest BCUT2D eigenvalue weighted by atomic mass is 10.2. The van der Waals surface area contributed by atoms with Gasteiger partial charge in [-0.05, 0) is 25.5 Å². The van der Waals surface area contributed by atoms with Crippen molar-refractivity contribution in [1.29, 1.82) is 0 Å². The molecule has 2 rings (SSSR count). The first-order valence-corrected chi connectivity index (χ1v) is 7.47. The van der Waals surface area contributed by atoms with Crippen molar-refractivity contribution in [1.82, 2.24) is 5.32 Å². The van der Waals surface area contributed by atoms with Gasteiger partial charge in [-0.3, -0.25) is 14.5 Å². The van der Waals surface area contributed by atoms with Gasteiger partial charge in [0.15, 0.2) is 6.10 Å². The molecule has 1 atom stereocenters. The van der Waals surface area contributed by atoms with E-state index in [2.05, 4.69) is 12.2 Å². The number of nitrogens with one attached hydrogen (secondary N) is 1. The van der Waals surface area contributed by atoms with Gasteiger partial charge in [0.05, 0.1) is 5.69 Å². The second-order valence-corrected chi connectivity index (χ2v) is 5.21. The van der Waals surface area contributed by atoms with Crippen molar-refractivity contribution in [2.24, 2.45) is 0 Å². The molecule has 1 aliphatic rings. The molecule has 0 saturated heterocycles. The number of benzene rings is 1. The monoisotopic (exact) mass is 290 g/mol. The number of ether oxygens (including phenoxy) is 1. The van der Waals surface area contributed by atoms with Crippen LogP contribution in [0, 0.1) is 0 Å². The number of hydrogen-bond acceptors (Lipinski definition) is 3. The molecule has 0 radical (unpaired) electrons. The van der Waals surface area contributed by atoms with Crippen LogP contribution in [0.4, 0.5) is 5.69 Å². The van der Waals surface area contributed by atoms with Crippen molar-refractivity contribution >= 4 is 17.5 Å². The Hall–Kier alpha value is -2.04. The Labute approximate surface area is 125 Å². The average Bonchev–Trinajstić information content (AvgIpc) is 2.48. The zero-order chi connectivity index (χ0) is 15.2. The van der Waals surface area contributed by atoms with E-state index in [0.717, 1.165) is 19.3 Å². The average molecular weight is 290 g/mol. The van der Waals surface area contributed by atoms with Crippen LogP contribution in [-0.4, -0.2) is 31.0 Å². The van der Waals surface area contributed by atoms with Crippen LogP contribution in [0.3, 0.4) is 0 Å². The number of carbonyl (C=O) groups excluding carboxylic acids is 2. The van der Waals surface area contributed by atoms with Crippen LogP contribution < -0.4 is 15.0 Å². The summed E-state index contributed by atoms with van der Waals surface area (Å²) in [5, 5.41) is 2.86. The zero-order valence-corrected chi connectivity index (χ0v) is 12.6. The summed E-state index contributed by atoms with van der Waals surface area (Å²) < 4.78 is 5.55. The quantitative estimate of drug-likeness (QED) is 0.816. The Morgan fingerprint density at radius 2 is 2.10 bits per heavy atom. The van der Waals surface area contributed by atoms with Gasteiger partial charge in [0, 0.05) is 6.54 Å². The number of carbonyl (C=O) groups is 2. The van der Waals surface area contributed by atoms with Gasteiger partial charge >= 0.3 is 0 Å². The van der Waals surface area contributed by atoms with E-state index in [1.54, 1.807) is 13.0 Å². The van der Waals surface area contributed by atoms with Crippen molar-refractivity contribution in [3.63, 3.8) is 0 Å². The number of rotatable bonds is 6. The highest BCUT2D eigenvalue weighted by molar-refractivity contribution is 6.03. The second-order valence-electron chi connectivity index (χ2n) is 5.21. The number of unbranched alkanes of at least 4 members (excludes halogenated alkanes) is 2. The highest BCUT2D eigenvalue weighted by atomic mass is 16.5. The van der Waals surface area contributed by atoms with E-state index < -0.39 is 6.10 Å². The van der Waals surface area contributed by atoms with Gasteiger partial charge in [0.1, 0.15) is 12.3 Å². The fourth-order valence-corrected chi connectivity index (χ4v) is 2.32. The lowest BCUT2D eigenvalue weighted by Gasteiger charge is -2.32. The predicted octanol–water partition coefficient (Wildman–Crippen LogP) is 2.11. The molecule has 0 unspecified atom stereocenters. The van der Waals surface area contributed by atoms with Crippen molar-refractivity contribution in [2.45, 2.75) is 39.2 Å². The molecule has 5 heteroatoms. The van der Waals surface area contributed by atoms with Gasteiger partial charge in [0.2, 0.25) is 5.91 Å². The molecule has 0 fully saturated rings. The van der Waals surface area contributed by atoms with Gasteiger partial charge in [-0.1, -0.05) is 31.9 Å². The summed E-state index contributed by atoms with van der Waals surface area (Å²) in [5.41, 5.74) is 0.657. The first kappa shape index (κ1) is 15.4. The Morgan fingerprint density at radius 1 is 1.33 bits per heavy atom. The van der Waals surface area contributed by atoms with Gasteiger partial charge in [-0.25, -0.2) is 0 Å². The molecule has 1 N–H and O–H groups in total. The largest absolute Gasteiger partial charge is 0.479 e. The molecule has 1 aromatic carbocycles. The van der Waals surface area contributed by atoms with Crippen molar-refractivity contribution in [3.05, 3.63) is 24.3 Å². The van der Waals surface area contributed by atoms with Crippen LogP contribution in [-0.2, 0) is 9.59 Å². The van der Waals surface area contributed by atoms with Crippen molar-refractivity contribution < 1.29 is 14.3 Å². The van der Waals surface area contributed by atoms with Crippen molar-refractivity contribution in [2.75, 3.05) is 18.0 Å². The number of nitrogens with zero attached hydrogens (tertiary/aromatic N) is 1. The zero-order valence-electron chi connectivity index (χ0n) is 12.6. The molecular weight excluding hydrogens is 268 g/mol. The number of fused-ring (bicyclic) bond motifs is 1. The third-order valence-corrected chi connectivity index (χ3v) is 3.48. The van der Waals surface area contributed by atoms with E-state index in [9.17, 15) is 9.59 Å². The number of hydrogen-bond donors (Lipinski definition) is 1. The molecule has 1 aliphatic heterocycles. The predicted molar refractivity (Wildman–Crippen MR) is 81.4 cm³/mol. The smallest absolute Gasteiger partial charge is 0.268 e. The van der Waals surface area contributed by atoms with Crippen LogP contribution >= 0.6 is 0 Å². The van der Waals surface area contributed by atoms with E-state index in [-0.39, 0.29) is 18.4 Å². The van der Waals surface area contributed by atoms with E-state index in [0.29, 0.717) is 18.0 Å². The summed E-state index contributed by atoms with van der Waals surface area (Å²) in [5.74, 6) is 0.323. The fourth-order valence-electron chi connectivity index (χ4n) is 2.32. The normalized spacial score (nSPS) is 17.1. The molecule has 0 saturated carbocycles. The molecular formula is C16H22N2O3. The van der Waals surface area contributed by atoms with E-state index in [4.69, 9.17) is 4.74 Å². The maximum atomic E-state index is 12.2. The minimum Gasteiger partial charge on any atom is -0.479 e. The minimum atomic E-state index is -0.562. The second kappa shape index (κ2) is 7.11. The Morgan fingerprint density at radius 3 is 2.86 bits per heavy atom. The molecule has 114 valence electrons. The molecule has 1 aromatic rings. The molecule has 0 spiro atoms. The van der Waals surface area contributed by atoms with Gasteiger partial charge in [0.25, 0.3) is 5.91 Å². The van der Waals surface area contributed by atoms with E-state index >= 15 is 0 Å². The van der Waals surface area contributed by atoms with E-state index in [1.807, 2.05) is 18.2 Å². The number of para-hydroxylation sites is 2. The van der Waals surface area contributed by atoms with Gasteiger partial charge in [-0.15, -0.1) is 0 Å². The first-order chi connectivity index (χ1) is 10.1. The molecule has 5 nitrogen and oxygen atoms in total. The van der Waals surface area contributed by atoms with Crippen LogP contribution in [0.1, 0.15) is 33.1 Å². The summed E-state index contributed by atoms with van der Waals surface area (Å²) in [4.78, 5) is 25.7. The van der Waals surface area contributed by atoms with Crippen LogP contribution in [0.2, 0.25) is 0 Å². The van der Waals surface area contributed by atoms with Crippen LogP contribution in [0.15, 0.2) is 24.3 Å². The summed E-state index contributed by atoms with van der Waals surface area (Å²) in [6.07, 6.45) is 2.61.